The molecule has 0 unspecified atom stereocenters. The van der Waals surface area contributed by atoms with Crippen molar-refractivity contribution in [1.82, 2.24) is 0 Å². The predicted octanol–water partition coefficient (Wildman–Crippen LogP) is 12.6. The Kier molecular flexibility index (Phi) is 3.31. The van der Waals surface area contributed by atoms with Crippen LogP contribution in [0, 0.1) is 0 Å². The Morgan fingerprint density at radius 2 is 1.26 bits per heavy atom. The Morgan fingerprint density at radius 1 is 0.489 bits per heavy atom. The van der Waals surface area contributed by atoms with Crippen LogP contribution in [-0.2, 0) is 10.8 Å². The lowest BCUT2D eigenvalue weighted by Gasteiger charge is -2.38. The van der Waals surface area contributed by atoms with Gasteiger partial charge in [-0.05, 0) is 97.2 Å². The molecule has 226 valence electrons. The van der Waals surface area contributed by atoms with Crippen LogP contribution < -0.4 is 4.90 Å². The van der Waals surface area contributed by atoms with Gasteiger partial charge in [0.2, 0.25) is 0 Å². The van der Waals surface area contributed by atoms with Gasteiger partial charge < -0.3 is 4.90 Å². The third kappa shape index (κ3) is 4.02. The summed E-state index contributed by atoms with van der Waals surface area (Å²) in [4.78, 5) is 1.47. The lowest BCUT2D eigenvalue weighted by molar-refractivity contribution is 0.645. The zero-order valence-electron chi connectivity index (χ0n) is 43.1. The van der Waals surface area contributed by atoms with E-state index in [1.807, 2.05) is 0 Å². The molecule has 0 heterocycles. The highest BCUT2D eigenvalue weighted by Crippen LogP contribution is 2.55. The highest BCUT2D eigenvalue weighted by molar-refractivity contribution is 6.10. The second-order valence-corrected chi connectivity index (χ2v) is 12.9. The highest BCUT2D eigenvalue weighted by Gasteiger charge is 2.38. The number of para-hydroxylation sites is 1. The molecule has 0 fully saturated rings. The molecule has 0 saturated carbocycles. The normalized spacial score (nSPS) is 19.8. The summed E-state index contributed by atoms with van der Waals surface area (Å²) in [6.45, 7) is 7.11. The summed E-state index contributed by atoms with van der Waals surface area (Å²) in [5.74, 6) is 0. The van der Waals surface area contributed by atoms with Crippen LogP contribution in [0.15, 0.2) is 151 Å². The Balaban J connectivity index is 1.48. The number of rotatable bonds is 4. The van der Waals surface area contributed by atoms with E-state index in [9.17, 15) is 6.85 Å². The molecule has 2 aliphatic carbocycles. The van der Waals surface area contributed by atoms with Crippen molar-refractivity contribution in [3.63, 3.8) is 0 Å². The van der Waals surface area contributed by atoms with Gasteiger partial charge in [0, 0.05) is 27.8 Å². The Hall–Kier alpha value is -5.40. The van der Waals surface area contributed by atoms with E-state index in [2.05, 4.69) is 0 Å². The molecule has 0 aromatic heterocycles. The van der Waals surface area contributed by atoms with Gasteiger partial charge in [-0.2, -0.15) is 0 Å². The van der Waals surface area contributed by atoms with E-state index >= 15 is 0 Å². The Labute approximate surface area is 301 Å². The maximum absolute atomic E-state index is 9.86. The average molecular weight is 621 g/mol. The van der Waals surface area contributed by atoms with Crippen LogP contribution in [0.2, 0.25) is 0 Å². The summed E-state index contributed by atoms with van der Waals surface area (Å²) >= 11 is 0. The fourth-order valence-electron chi connectivity index (χ4n) is 7.19. The van der Waals surface area contributed by atoms with Gasteiger partial charge in [0.15, 0.2) is 0 Å². The lowest BCUT2D eigenvalue weighted by Crippen LogP contribution is -2.24. The first kappa shape index (κ1) is 15.5. The van der Waals surface area contributed by atoms with Gasteiger partial charge in [0.25, 0.3) is 0 Å². The van der Waals surface area contributed by atoms with Crippen molar-refractivity contribution in [2.24, 2.45) is 0 Å². The van der Waals surface area contributed by atoms with E-state index in [1.54, 1.807) is 39.8 Å². The van der Waals surface area contributed by atoms with Gasteiger partial charge in [-0.3, -0.25) is 0 Å². The molecule has 0 atom stereocenters. The van der Waals surface area contributed by atoms with Crippen LogP contribution >= 0.6 is 0 Å². The molecule has 2 aliphatic rings. The first-order valence-corrected chi connectivity index (χ1v) is 15.3. The summed E-state index contributed by atoms with van der Waals surface area (Å²) < 4.78 is 152. The number of benzene rings is 7. The standard InChI is InChI=1S/C46H37N/c1-45(2)39-26-22-32(30-14-7-5-8-15-30)28-37(39)44-42(27-23-31-16-13-21-40(45)43(31)44)47(33-17-9-6-10-18-33)34-24-25-36-35-19-11-12-20-38(35)46(3,4)41(36)29-34/h5-29H,1-4H3/i5D,6D,7D,8D,9D,11D,12D,13D,14D,16D,18D,19D,20D,21D,25D,26D,27D. The monoisotopic (exact) mass is 620 g/mol. The van der Waals surface area contributed by atoms with E-state index in [-0.39, 0.29) is 139 Å². The van der Waals surface area contributed by atoms with Gasteiger partial charge in [-0.15, -0.1) is 0 Å². The molecule has 9 rings (SSSR count). The van der Waals surface area contributed by atoms with E-state index in [0.29, 0.717) is 16.7 Å². The molecule has 7 aromatic carbocycles. The van der Waals surface area contributed by atoms with Crippen LogP contribution in [0.25, 0.3) is 44.2 Å². The van der Waals surface area contributed by atoms with Crippen molar-refractivity contribution >= 4 is 27.8 Å². The van der Waals surface area contributed by atoms with Crippen LogP contribution in [0.5, 0.6) is 0 Å². The summed E-state index contributed by atoms with van der Waals surface area (Å²) in [7, 11) is 0. The van der Waals surface area contributed by atoms with Crippen LogP contribution in [-0.4, -0.2) is 0 Å². The minimum Gasteiger partial charge on any atom is -0.310 e. The zero-order chi connectivity index (χ0) is 46.7. The number of hydrogen-bond donors (Lipinski definition) is 0. The maximum atomic E-state index is 9.86. The fraction of sp³-hybridized carbons (Fsp3) is 0.130. The summed E-state index contributed by atoms with van der Waals surface area (Å²) in [6, 6.07) is 5.90. The van der Waals surface area contributed by atoms with Crippen molar-refractivity contribution in [2.45, 2.75) is 38.5 Å². The van der Waals surface area contributed by atoms with Gasteiger partial charge in [-0.1, -0.05) is 143 Å². The quantitative estimate of drug-likeness (QED) is 0.189. The molecule has 1 nitrogen and oxygen atoms in total. The van der Waals surface area contributed by atoms with Crippen molar-refractivity contribution in [3.05, 3.63) is 174 Å². The summed E-state index contributed by atoms with van der Waals surface area (Å²) in [6.07, 6.45) is 0. The van der Waals surface area contributed by atoms with E-state index < -0.39 is 41.0 Å². The number of hydrogen-bond acceptors (Lipinski definition) is 1. The van der Waals surface area contributed by atoms with E-state index in [1.165, 1.54) is 41.3 Å². The second kappa shape index (κ2) is 10.0. The van der Waals surface area contributed by atoms with Gasteiger partial charge in [-0.25, -0.2) is 0 Å². The van der Waals surface area contributed by atoms with Crippen molar-refractivity contribution < 1.29 is 23.3 Å². The Morgan fingerprint density at radius 3 is 2.17 bits per heavy atom. The summed E-state index contributed by atoms with van der Waals surface area (Å²) in [5, 5.41) is 0.422. The van der Waals surface area contributed by atoms with Crippen LogP contribution in [0.4, 0.5) is 17.1 Å². The topological polar surface area (TPSA) is 3.24 Å². The molecule has 47 heavy (non-hydrogen) atoms. The third-order valence-electron chi connectivity index (χ3n) is 9.53. The summed E-state index contributed by atoms with van der Waals surface area (Å²) in [5.41, 5.74) is 0.411. The molecule has 0 spiro atoms. The van der Waals surface area contributed by atoms with E-state index in [0.717, 1.165) is 0 Å². The maximum Gasteiger partial charge on any atom is 0.0645 e. The largest absolute Gasteiger partial charge is 0.310 e. The molecular formula is C46H37N. The van der Waals surface area contributed by atoms with E-state index in [4.69, 9.17) is 16.4 Å². The molecule has 0 aliphatic heterocycles. The van der Waals surface area contributed by atoms with Gasteiger partial charge in [0.05, 0.1) is 29.0 Å². The van der Waals surface area contributed by atoms with Crippen molar-refractivity contribution in [3.8, 4) is 33.4 Å². The lowest BCUT2D eigenvalue weighted by atomic mass is 9.67. The Bertz CT molecular complexity index is 3320. The van der Waals surface area contributed by atoms with Crippen molar-refractivity contribution in [2.75, 3.05) is 4.90 Å². The zero-order valence-corrected chi connectivity index (χ0v) is 26.1. The number of nitrogens with zero attached hydrogens (tertiary/aromatic N) is 1. The first-order valence-electron chi connectivity index (χ1n) is 23.8. The minimum absolute atomic E-state index is 0.0103. The SMILES string of the molecule is [2H]c1cc([2H])c(N(c2cc([2H])c3c(c2)C(C)(C)c2c([2H])c([2H])c([2H])c([2H])c2-3)c2c([2H])cc3c([2H])c([2H])c([2H])c4c3c2-c2cc(-c3cc([2H])c([2H])c([2H])c3[2H])cc([2H])c2C4(C)C)cc1[2H]. The van der Waals surface area contributed by atoms with Crippen LogP contribution in [0.3, 0.4) is 0 Å². The molecule has 0 radical (unpaired) electrons. The number of anilines is 3. The molecule has 0 saturated heterocycles. The third-order valence-corrected chi connectivity index (χ3v) is 9.53. The average Bonchev–Trinajstić information content (AvgIpc) is 3.47. The highest BCUT2D eigenvalue weighted by atomic mass is 15.1. The first-order chi connectivity index (χ1) is 29.8. The predicted molar refractivity (Wildman–Crippen MR) is 199 cm³/mol. The molecule has 0 N–H and O–H groups in total. The molecule has 7 aromatic rings. The molecule has 1 heteroatoms. The second-order valence-electron chi connectivity index (χ2n) is 12.9. The van der Waals surface area contributed by atoms with Gasteiger partial charge in [0.1, 0.15) is 0 Å². The minimum atomic E-state index is -1.20. The molecule has 0 amide bonds. The molecule has 0 bridgehead atoms. The van der Waals surface area contributed by atoms with Crippen LogP contribution in [0.1, 0.15) is 73.3 Å². The molecular weight excluding hydrogens is 567 g/mol. The van der Waals surface area contributed by atoms with Crippen molar-refractivity contribution in [1.29, 1.82) is 0 Å². The number of fused-ring (bicyclic) bond motifs is 5. The van der Waals surface area contributed by atoms with Gasteiger partial charge >= 0.3 is 0 Å². The fourth-order valence-corrected chi connectivity index (χ4v) is 7.19. The smallest absolute Gasteiger partial charge is 0.0645 e.